The second-order valence-electron chi connectivity index (χ2n) is 0.676. The van der Waals surface area contributed by atoms with E-state index in [1.165, 1.54) is 0 Å². The first kappa shape index (κ1) is 13.7. The highest BCUT2D eigenvalue weighted by molar-refractivity contribution is 7.61. The second-order valence-corrected chi connectivity index (χ2v) is 14.4. The van der Waals surface area contributed by atoms with Gasteiger partial charge in [0, 0.05) is 0 Å². The Hall–Kier alpha value is 2.10. The molecule has 0 N–H and O–H groups in total. The molecule has 0 saturated heterocycles. The summed E-state index contributed by atoms with van der Waals surface area (Å²) in [5.74, 6) is 0. The molecule has 0 heterocycles. The van der Waals surface area contributed by atoms with Gasteiger partial charge in [-0.1, -0.05) is 33.2 Å². The number of hydrogen-bond acceptors (Lipinski definition) is 0. The third-order valence-electron chi connectivity index (χ3n) is 0. The van der Waals surface area contributed by atoms with Crippen molar-refractivity contribution in [3.8, 4) is 0 Å². The van der Waals surface area contributed by atoms with Crippen LogP contribution in [-0.4, -0.2) is 13.1 Å². The summed E-state index contributed by atoms with van der Waals surface area (Å²) in [6, 6.07) is 0. The van der Waals surface area contributed by atoms with Crippen LogP contribution in [0, 0.1) is 0 Å². The summed E-state index contributed by atoms with van der Waals surface area (Å²) in [4.78, 5) is 0. The molecule has 0 fully saturated rings. The first-order chi connectivity index (χ1) is 3.73. The molecular weight excluding hydrogens is 288 g/mol. The van der Waals surface area contributed by atoms with Crippen LogP contribution in [0.2, 0.25) is 0 Å². The topological polar surface area (TPSA) is 0 Å². The van der Waals surface area contributed by atoms with E-state index in [4.69, 9.17) is 33.2 Å². The van der Waals surface area contributed by atoms with Crippen LogP contribution in [0.15, 0.2) is 0 Å². The maximum absolute atomic E-state index is 11.1. The molecule has 0 aliphatic carbocycles. The zero-order valence-electron chi connectivity index (χ0n) is 3.72. The first-order valence-electron chi connectivity index (χ1n) is 1.41. The highest BCUT2D eigenvalue weighted by Gasteiger charge is 2.23. The zero-order chi connectivity index (χ0) is 8.08. The molecule has 9 heavy (non-hydrogen) atoms. The Morgan fingerprint density at radius 3 is 1.00 bits per heavy atom. The number of halogens is 7. The molecule has 0 nitrogen and oxygen atoms in total. The Balaban J connectivity index is 0. The average molecular weight is 289 g/mol. The van der Waals surface area contributed by atoms with E-state index in [1.807, 2.05) is 0 Å². The van der Waals surface area contributed by atoms with Gasteiger partial charge in [0.05, 0.1) is 0 Å². The summed E-state index contributed by atoms with van der Waals surface area (Å²) in [6.07, 6.45) is -3.69. The molecule has 0 aromatic rings. The van der Waals surface area contributed by atoms with Gasteiger partial charge in [0.2, 0.25) is 0 Å². The van der Waals surface area contributed by atoms with Crippen molar-refractivity contribution in [3.05, 3.63) is 0 Å². The van der Waals surface area contributed by atoms with Crippen molar-refractivity contribution in [2.75, 3.05) is 0 Å². The lowest BCUT2D eigenvalue weighted by Gasteiger charge is -1.83. The van der Waals surface area contributed by atoms with Crippen molar-refractivity contribution in [2.45, 2.75) is 0 Å². The molecule has 0 aliphatic heterocycles. The third kappa shape index (κ3) is 150. The molecule has 0 amide bonds. The van der Waals surface area contributed by atoms with E-state index in [0.29, 0.717) is 0 Å². The van der Waals surface area contributed by atoms with Crippen LogP contribution in [-0.2, 0) is 0 Å². The molecule has 9 heteroatoms. The monoisotopic (exact) mass is 286 g/mol. The van der Waals surface area contributed by atoms with E-state index in [1.54, 1.807) is 0 Å². The van der Waals surface area contributed by atoms with E-state index in [-0.39, 0.29) is 0 Å². The molecule has 0 bridgehead atoms. The van der Waals surface area contributed by atoms with Gasteiger partial charge >= 0.3 is 13.1 Å². The summed E-state index contributed by atoms with van der Waals surface area (Å²) < 4.78 is 11.1. The zero-order valence-corrected chi connectivity index (χ0v) is 10.4. The van der Waals surface area contributed by atoms with Crippen LogP contribution in [0.4, 0.5) is 4.11 Å². The van der Waals surface area contributed by atoms with Crippen molar-refractivity contribution in [2.24, 2.45) is 0 Å². The van der Waals surface area contributed by atoms with Gasteiger partial charge in [-0.2, -0.15) is 0 Å². The van der Waals surface area contributed by atoms with Gasteiger partial charge in [-0.3, -0.25) is 4.11 Å². The SMILES string of the molecule is Cl[SiH](Cl)Cl.F[Si](Cl)(Cl)Cl. The van der Waals surface area contributed by atoms with Gasteiger partial charge in [-0.25, -0.2) is 0 Å². The molecule has 0 spiro atoms. The number of rotatable bonds is 0. The highest BCUT2D eigenvalue weighted by Crippen LogP contribution is 2.19. The van der Waals surface area contributed by atoms with E-state index >= 15 is 0 Å². The summed E-state index contributed by atoms with van der Waals surface area (Å²) in [5.41, 5.74) is 0. The molecule has 0 rings (SSSR count). The predicted octanol–water partition coefficient (Wildman–Crippen LogP) is 3.53. The van der Waals surface area contributed by atoms with Gasteiger partial charge < -0.3 is 0 Å². The molecule has 58 valence electrons. The van der Waals surface area contributed by atoms with Crippen molar-refractivity contribution < 1.29 is 4.11 Å². The van der Waals surface area contributed by atoms with Crippen LogP contribution in [0.5, 0.6) is 0 Å². The van der Waals surface area contributed by atoms with Gasteiger partial charge in [0.1, 0.15) is 0 Å². The van der Waals surface area contributed by atoms with Gasteiger partial charge in [-0.05, 0) is 0 Å². The standard InChI is InChI=1S/Cl3FSi.Cl3HSi/c1-5(2,3)4;1-4(2)3/h;4H. The first-order valence-corrected chi connectivity index (χ1v) is 11.6. The Bertz CT molecular complexity index is 47.8. The molecule has 0 radical (unpaired) electrons. The molecule has 0 saturated carbocycles. The molecule has 0 unspecified atom stereocenters. The molecule has 0 atom stereocenters. The van der Waals surface area contributed by atoms with E-state index in [0.717, 1.165) is 0 Å². The summed E-state index contributed by atoms with van der Waals surface area (Å²) in [6.45, 7) is -1.72. The fraction of sp³-hybridized carbons (Fsp3) is 0. The van der Waals surface area contributed by atoms with E-state index in [9.17, 15) is 4.11 Å². The minimum atomic E-state index is -3.69. The summed E-state index contributed by atoms with van der Waals surface area (Å²) in [7, 11) is 0. The van der Waals surface area contributed by atoms with Crippen LogP contribution in [0.1, 0.15) is 0 Å². The van der Waals surface area contributed by atoms with Crippen LogP contribution in [0.3, 0.4) is 0 Å². The lowest BCUT2D eigenvalue weighted by atomic mass is 18.9. The van der Waals surface area contributed by atoms with Crippen molar-refractivity contribution in [1.29, 1.82) is 0 Å². The maximum Gasteiger partial charge on any atom is 0.532 e. The lowest BCUT2D eigenvalue weighted by Crippen LogP contribution is -1.94. The number of hydrogen-bond donors (Lipinski definition) is 0. The Kier molecular flexibility index (Phi) is 10.3. The van der Waals surface area contributed by atoms with E-state index < -0.39 is 13.1 Å². The molecular formula is HCl6FSi2. The Labute approximate surface area is 83.1 Å². The second kappa shape index (κ2) is 6.79. The van der Waals surface area contributed by atoms with Crippen LogP contribution in [0.25, 0.3) is 0 Å². The normalized spacial score (nSPS) is 10.7. The predicted molar refractivity (Wildman–Crippen MR) is 49.1 cm³/mol. The third-order valence-corrected chi connectivity index (χ3v) is 0. The fourth-order valence-electron chi connectivity index (χ4n) is 0. The molecule has 0 aromatic heterocycles. The lowest BCUT2D eigenvalue weighted by molar-refractivity contribution is 0.874. The fourth-order valence-corrected chi connectivity index (χ4v) is 0. The minimum absolute atomic E-state index is 1.72. The van der Waals surface area contributed by atoms with Gasteiger partial charge in [-0.15, -0.1) is 33.2 Å². The highest BCUT2D eigenvalue weighted by atomic mass is 35.8. The van der Waals surface area contributed by atoms with Crippen molar-refractivity contribution >= 4 is 79.5 Å². The summed E-state index contributed by atoms with van der Waals surface area (Å²) >= 11 is 28.4. The Morgan fingerprint density at radius 2 is 1.00 bits per heavy atom. The largest absolute Gasteiger partial charge is 0.532 e. The maximum atomic E-state index is 11.1. The quantitative estimate of drug-likeness (QED) is 0.473. The van der Waals surface area contributed by atoms with Crippen LogP contribution < -0.4 is 0 Å². The van der Waals surface area contributed by atoms with E-state index in [2.05, 4.69) is 33.2 Å². The average Bonchev–Trinajstić information content (AvgIpc) is 1.19. The Morgan fingerprint density at radius 1 is 1.00 bits per heavy atom. The van der Waals surface area contributed by atoms with Gasteiger partial charge in [0.25, 0.3) is 0 Å². The van der Waals surface area contributed by atoms with Crippen LogP contribution >= 0.6 is 66.5 Å². The molecule has 0 aromatic carbocycles. The summed E-state index contributed by atoms with van der Waals surface area (Å²) in [5, 5.41) is 0. The van der Waals surface area contributed by atoms with Crippen molar-refractivity contribution in [3.63, 3.8) is 0 Å². The smallest absolute Gasteiger partial charge is 0.253 e. The van der Waals surface area contributed by atoms with Gasteiger partial charge in [0.15, 0.2) is 0 Å². The van der Waals surface area contributed by atoms with Crippen molar-refractivity contribution in [1.82, 2.24) is 0 Å². The minimum Gasteiger partial charge on any atom is -0.253 e. The molecule has 0 aliphatic rings.